The molecule has 0 saturated carbocycles. The normalized spacial score (nSPS) is 16.6. The van der Waals surface area contributed by atoms with Crippen molar-refractivity contribution in [1.29, 1.82) is 0 Å². The molecule has 2 aromatic rings. The Morgan fingerprint density at radius 1 is 1.44 bits per heavy atom. The molecular weight excluding hydrogens is 348 g/mol. The average molecular weight is 372 g/mol. The summed E-state index contributed by atoms with van der Waals surface area (Å²) in [4.78, 5) is 31.9. The summed E-state index contributed by atoms with van der Waals surface area (Å²) in [6.45, 7) is 5.92. The van der Waals surface area contributed by atoms with Crippen molar-refractivity contribution in [3.63, 3.8) is 0 Å². The minimum atomic E-state index is -0.232. The maximum Gasteiger partial charge on any atom is 0.275 e. The molecule has 2 aromatic heterocycles. The molecular formula is C19H24N4O4. The number of ether oxygens (including phenoxy) is 1. The van der Waals surface area contributed by atoms with Crippen LogP contribution in [0.1, 0.15) is 35.3 Å². The van der Waals surface area contributed by atoms with E-state index in [-0.39, 0.29) is 30.0 Å². The number of hydrogen-bond acceptors (Lipinski definition) is 6. The second-order valence-electron chi connectivity index (χ2n) is 6.79. The van der Waals surface area contributed by atoms with Gasteiger partial charge in [-0.3, -0.25) is 14.6 Å². The minimum absolute atomic E-state index is 0.148. The van der Waals surface area contributed by atoms with Gasteiger partial charge in [-0.05, 0) is 26.0 Å². The van der Waals surface area contributed by atoms with Gasteiger partial charge in [0.1, 0.15) is 12.4 Å². The number of carbonyl (C=O) groups excluding carboxylic acids is 2. The Hall–Kier alpha value is -2.90. The number of likely N-dealkylation sites (tertiary alicyclic amines) is 1. The average Bonchev–Trinajstić information content (AvgIpc) is 3.27. The highest BCUT2D eigenvalue weighted by Crippen LogP contribution is 2.19. The first kappa shape index (κ1) is 18.9. The second kappa shape index (κ2) is 8.20. The summed E-state index contributed by atoms with van der Waals surface area (Å²) in [5.41, 5.74) is 1.14. The van der Waals surface area contributed by atoms with Crippen LogP contribution in [0.4, 0.5) is 0 Å². The predicted octanol–water partition coefficient (Wildman–Crippen LogP) is 1.90. The number of amides is 2. The molecule has 1 aliphatic rings. The van der Waals surface area contributed by atoms with E-state index in [0.717, 1.165) is 5.69 Å². The molecule has 1 atom stereocenters. The summed E-state index contributed by atoms with van der Waals surface area (Å²) in [5.74, 6) is 1.14. The highest BCUT2D eigenvalue weighted by Gasteiger charge is 2.30. The van der Waals surface area contributed by atoms with Gasteiger partial charge < -0.3 is 19.1 Å². The van der Waals surface area contributed by atoms with E-state index < -0.39 is 0 Å². The zero-order chi connectivity index (χ0) is 19.4. The van der Waals surface area contributed by atoms with Crippen LogP contribution in [0.5, 0.6) is 5.75 Å². The van der Waals surface area contributed by atoms with Gasteiger partial charge in [0.2, 0.25) is 5.91 Å². The van der Waals surface area contributed by atoms with E-state index in [0.29, 0.717) is 37.6 Å². The maximum atomic E-state index is 12.5. The Kier molecular flexibility index (Phi) is 5.73. The van der Waals surface area contributed by atoms with Crippen LogP contribution in [0.3, 0.4) is 0 Å². The van der Waals surface area contributed by atoms with Crippen LogP contribution in [-0.4, -0.2) is 58.4 Å². The van der Waals surface area contributed by atoms with E-state index in [4.69, 9.17) is 9.26 Å². The molecule has 3 heterocycles. The lowest BCUT2D eigenvalue weighted by atomic mass is 10.1. The summed E-state index contributed by atoms with van der Waals surface area (Å²) in [5, 5.41) is 3.85. The van der Waals surface area contributed by atoms with Gasteiger partial charge in [0, 0.05) is 50.8 Å². The molecule has 1 fully saturated rings. The van der Waals surface area contributed by atoms with Crippen molar-refractivity contribution in [2.45, 2.75) is 26.9 Å². The van der Waals surface area contributed by atoms with Crippen molar-refractivity contribution >= 4 is 11.8 Å². The van der Waals surface area contributed by atoms with E-state index in [1.807, 2.05) is 30.9 Å². The monoisotopic (exact) mass is 372 g/mol. The molecule has 2 amide bonds. The van der Waals surface area contributed by atoms with Gasteiger partial charge in [-0.2, -0.15) is 0 Å². The summed E-state index contributed by atoms with van der Waals surface area (Å²) in [6, 6.07) is 5.26. The van der Waals surface area contributed by atoms with Crippen LogP contribution in [-0.2, 0) is 11.4 Å². The SMILES string of the molecule is CCN1C[C@@H](CN(C)C(=O)c2cc(COc3ccc(C)nc3)on2)CC1=O. The highest BCUT2D eigenvalue weighted by atomic mass is 16.5. The van der Waals surface area contributed by atoms with Gasteiger partial charge in [-0.1, -0.05) is 5.16 Å². The Bertz CT molecular complexity index is 802. The van der Waals surface area contributed by atoms with Gasteiger partial charge in [-0.15, -0.1) is 0 Å². The first-order valence-corrected chi connectivity index (χ1v) is 9.00. The fourth-order valence-corrected chi connectivity index (χ4v) is 3.12. The number of aryl methyl sites for hydroxylation is 1. The Morgan fingerprint density at radius 2 is 2.26 bits per heavy atom. The number of rotatable bonds is 7. The van der Waals surface area contributed by atoms with E-state index in [9.17, 15) is 9.59 Å². The van der Waals surface area contributed by atoms with Gasteiger partial charge in [0.25, 0.3) is 5.91 Å². The highest BCUT2D eigenvalue weighted by molar-refractivity contribution is 5.92. The molecule has 1 aliphatic heterocycles. The van der Waals surface area contributed by atoms with E-state index in [1.165, 1.54) is 0 Å². The third-order valence-electron chi connectivity index (χ3n) is 4.60. The Morgan fingerprint density at radius 3 is 2.93 bits per heavy atom. The molecule has 8 nitrogen and oxygen atoms in total. The van der Waals surface area contributed by atoms with Crippen molar-refractivity contribution in [2.24, 2.45) is 5.92 Å². The summed E-state index contributed by atoms with van der Waals surface area (Å²) in [7, 11) is 1.71. The van der Waals surface area contributed by atoms with Crippen LogP contribution >= 0.6 is 0 Å². The summed E-state index contributed by atoms with van der Waals surface area (Å²) < 4.78 is 10.8. The fourth-order valence-electron chi connectivity index (χ4n) is 3.12. The van der Waals surface area contributed by atoms with Gasteiger partial charge in [-0.25, -0.2) is 0 Å². The predicted molar refractivity (Wildman–Crippen MR) is 97.1 cm³/mol. The van der Waals surface area contributed by atoms with Crippen LogP contribution < -0.4 is 4.74 Å². The van der Waals surface area contributed by atoms with Crippen molar-refractivity contribution in [3.05, 3.63) is 41.5 Å². The van der Waals surface area contributed by atoms with Gasteiger partial charge in [0.05, 0.1) is 6.20 Å². The molecule has 27 heavy (non-hydrogen) atoms. The molecule has 8 heteroatoms. The largest absolute Gasteiger partial charge is 0.484 e. The number of hydrogen-bond donors (Lipinski definition) is 0. The Balaban J connectivity index is 1.53. The lowest BCUT2D eigenvalue weighted by molar-refractivity contribution is -0.127. The van der Waals surface area contributed by atoms with E-state index >= 15 is 0 Å². The first-order valence-electron chi connectivity index (χ1n) is 9.00. The Labute approximate surface area is 158 Å². The van der Waals surface area contributed by atoms with E-state index in [2.05, 4.69) is 10.1 Å². The molecule has 0 aliphatic carbocycles. The van der Waals surface area contributed by atoms with Crippen LogP contribution in [0.15, 0.2) is 28.9 Å². The summed E-state index contributed by atoms with van der Waals surface area (Å²) in [6.07, 6.45) is 2.11. The quantitative estimate of drug-likeness (QED) is 0.737. The number of nitrogens with zero attached hydrogens (tertiary/aromatic N) is 4. The number of carbonyl (C=O) groups is 2. The molecule has 0 aromatic carbocycles. The standard InChI is InChI=1S/C19H24N4O4/c1-4-23-11-14(7-18(23)24)10-22(3)19(25)17-8-16(27-21-17)12-26-15-6-5-13(2)20-9-15/h5-6,8-9,14H,4,7,10-12H2,1-3H3/t14-/m1/s1. The zero-order valence-electron chi connectivity index (χ0n) is 15.8. The van der Waals surface area contributed by atoms with Crippen LogP contribution in [0.25, 0.3) is 0 Å². The molecule has 0 N–H and O–H groups in total. The number of aromatic nitrogens is 2. The maximum absolute atomic E-state index is 12.5. The smallest absolute Gasteiger partial charge is 0.275 e. The topological polar surface area (TPSA) is 88.8 Å². The lowest BCUT2D eigenvalue weighted by Crippen LogP contribution is -2.33. The number of pyridine rings is 1. The van der Waals surface area contributed by atoms with E-state index in [1.54, 1.807) is 24.2 Å². The van der Waals surface area contributed by atoms with Gasteiger partial charge >= 0.3 is 0 Å². The van der Waals surface area contributed by atoms with Crippen LogP contribution in [0.2, 0.25) is 0 Å². The van der Waals surface area contributed by atoms with Gasteiger partial charge in [0.15, 0.2) is 11.5 Å². The second-order valence-corrected chi connectivity index (χ2v) is 6.79. The third kappa shape index (κ3) is 4.64. The van der Waals surface area contributed by atoms with Crippen molar-refractivity contribution in [1.82, 2.24) is 19.9 Å². The van der Waals surface area contributed by atoms with Crippen LogP contribution in [0, 0.1) is 12.8 Å². The molecule has 144 valence electrons. The molecule has 3 rings (SSSR count). The molecule has 0 bridgehead atoms. The summed E-state index contributed by atoms with van der Waals surface area (Å²) >= 11 is 0. The lowest BCUT2D eigenvalue weighted by Gasteiger charge is -2.20. The zero-order valence-corrected chi connectivity index (χ0v) is 15.8. The molecule has 0 radical (unpaired) electrons. The first-order chi connectivity index (χ1) is 13.0. The fraction of sp³-hybridized carbons (Fsp3) is 0.474. The molecule has 0 spiro atoms. The van der Waals surface area contributed by atoms with Crippen molar-refractivity contribution in [3.8, 4) is 5.75 Å². The molecule has 1 saturated heterocycles. The minimum Gasteiger partial charge on any atom is -0.484 e. The van der Waals surface area contributed by atoms with Crippen molar-refractivity contribution in [2.75, 3.05) is 26.7 Å². The molecule has 0 unspecified atom stereocenters. The third-order valence-corrected chi connectivity index (χ3v) is 4.60. The van der Waals surface area contributed by atoms with Crippen molar-refractivity contribution < 1.29 is 18.8 Å².